The van der Waals surface area contributed by atoms with E-state index in [1.807, 2.05) is 25.1 Å². The van der Waals surface area contributed by atoms with Crippen molar-refractivity contribution in [1.82, 2.24) is 10.1 Å². The van der Waals surface area contributed by atoms with Gasteiger partial charge in [0.05, 0.1) is 5.69 Å². The van der Waals surface area contributed by atoms with E-state index >= 15 is 0 Å². The average molecular weight is 189 g/mol. The van der Waals surface area contributed by atoms with Crippen LogP contribution in [-0.2, 0) is 6.42 Å². The first-order valence-corrected chi connectivity index (χ1v) is 4.48. The lowest BCUT2D eigenvalue weighted by molar-refractivity contribution is 0.389. The van der Waals surface area contributed by atoms with Crippen LogP contribution in [-0.4, -0.2) is 10.1 Å². The number of hydrogen-bond donors (Lipinski definition) is 1. The van der Waals surface area contributed by atoms with Gasteiger partial charge in [0.25, 0.3) is 0 Å². The summed E-state index contributed by atoms with van der Waals surface area (Å²) in [4.78, 5) is 4.15. The molecule has 0 radical (unpaired) electrons. The van der Waals surface area contributed by atoms with E-state index in [-0.39, 0.29) is 0 Å². The van der Waals surface area contributed by atoms with Gasteiger partial charge in [0.15, 0.2) is 11.5 Å². The van der Waals surface area contributed by atoms with Gasteiger partial charge in [-0.1, -0.05) is 18.1 Å². The van der Waals surface area contributed by atoms with Crippen molar-refractivity contribution >= 4 is 5.69 Å². The maximum atomic E-state index is 5.85. The van der Waals surface area contributed by atoms with Gasteiger partial charge in [0.1, 0.15) is 5.69 Å². The Hall–Kier alpha value is -1.84. The third-order valence-corrected chi connectivity index (χ3v) is 2.03. The van der Waals surface area contributed by atoms with Crippen LogP contribution in [0, 0.1) is 0 Å². The topological polar surface area (TPSA) is 64.9 Å². The SMILES string of the molecule is CCc1onc(-c2ccccn2)c1N. The standard InChI is InChI=1S/C10H11N3O/c1-2-8-9(11)10(13-14-8)7-5-3-4-6-12-7/h3-6H,2,11H2,1H3. The summed E-state index contributed by atoms with van der Waals surface area (Å²) in [6.07, 6.45) is 2.45. The van der Waals surface area contributed by atoms with Crippen molar-refractivity contribution in [3.05, 3.63) is 30.2 Å². The van der Waals surface area contributed by atoms with Gasteiger partial charge in [0, 0.05) is 12.6 Å². The summed E-state index contributed by atoms with van der Waals surface area (Å²) < 4.78 is 5.08. The van der Waals surface area contributed by atoms with Gasteiger partial charge in [-0.3, -0.25) is 4.98 Å². The lowest BCUT2D eigenvalue weighted by Crippen LogP contribution is -1.91. The number of pyridine rings is 1. The highest BCUT2D eigenvalue weighted by Crippen LogP contribution is 2.25. The van der Waals surface area contributed by atoms with Gasteiger partial charge in [-0.25, -0.2) is 0 Å². The largest absolute Gasteiger partial charge is 0.394 e. The predicted molar refractivity (Wildman–Crippen MR) is 53.5 cm³/mol. The van der Waals surface area contributed by atoms with Gasteiger partial charge in [0.2, 0.25) is 0 Å². The molecule has 0 bridgehead atoms. The smallest absolute Gasteiger partial charge is 0.160 e. The number of aryl methyl sites for hydroxylation is 1. The number of rotatable bonds is 2. The van der Waals surface area contributed by atoms with E-state index in [1.165, 1.54) is 0 Å². The van der Waals surface area contributed by atoms with E-state index in [0.29, 0.717) is 17.1 Å². The van der Waals surface area contributed by atoms with E-state index in [9.17, 15) is 0 Å². The normalized spacial score (nSPS) is 10.4. The van der Waals surface area contributed by atoms with E-state index in [4.69, 9.17) is 10.3 Å². The fraction of sp³-hybridized carbons (Fsp3) is 0.200. The summed E-state index contributed by atoms with van der Waals surface area (Å²) in [5.74, 6) is 0.714. The second kappa shape index (κ2) is 3.49. The highest BCUT2D eigenvalue weighted by molar-refractivity contribution is 5.70. The summed E-state index contributed by atoms with van der Waals surface area (Å²) in [6, 6.07) is 5.59. The van der Waals surface area contributed by atoms with Crippen LogP contribution in [0.1, 0.15) is 12.7 Å². The van der Waals surface area contributed by atoms with Crippen LogP contribution in [0.15, 0.2) is 28.9 Å². The number of anilines is 1. The molecular weight excluding hydrogens is 178 g/mol. The molecule has 2 rings (SSSR count). The van der Waals surface area contributed by atoms with Gasteiger partial charge in [-0.05, 0) is 12.1 Å². The molecule has 4 heteroatoms. The average Bonchev–Trinajstić information content (AvgIpc) is 2.61. The molecule has 0 saturated carbocycles. The molecule has 0 spiro atoms. The van der Waals surface area contributed by atoms with Crippen LogP contribution < -0.4 is 5.73 Å². The first kappa shape index (κ1) is 8.74. The van der Waals surface area contributed by atoms with Crippen LogP contribution >= 0.6 is 0 Å². The highest BCUT2D eigenvalue weighted by Gasteiger charge is 2.13. The molecule has 0 aliphatic heterocycles. The molecule has 2 aromatic heterocycles. The Morgan fingerprint density at radius 1 is 1.43 bits per heavy atom. The zero-order valence-electron chi connectivity index (χ0n) is 7.90. The van der Waals surface area contributed by atoms with Crippen LogP contribution in [0.2, 0.25) is 0 Å². The molecule has 2 N–H and O–H groups in total. The van der Waals surface area contributed by atoms with Crippen molar-refractivity contribution in [2.75, 3.05) is 5.73 Å². The quantitative estimate of drug-likeness (QED) is 0.783. The van der Waals surface area contributed by atoms with Gasteiger partial charge in [-0.15, -0.1) is 0 Å². The van der Waals surface area contributed by atoms with Gasteiger partial charge < -0.3 is 10.3 Å². The van der Waals surface area contributed by atoms with Crippen LogP contribution in [0.25, 0.3) is 11.4 Å². The van der Waals surface area contributed by atoms with Crippen molar-refractivity contribution in [2.45, 2.75) is 13.3 Å². The molecule has 0 aliphatic carbocycles. The Labute approximate surface area is 81.7 Å². The summed E-state index contributed by atoms with van der Waals surface area (Å²) in [6.45, 7) is 1.97. The molecule has 0 fully saturated rings. The first-order valence-electron chi connectivity index (χ1n) is 4.48. The molecule has 2 aromatic rings. The van der Waals surface area contributed by atoms with Crippen molar-refractivity contribution in [2.24, 2.45) is 0 Å². The Morgan fingerprint density at radius 2 is 2.29 bits per heavy atom. The maximum Gasteiger partial charge on any atom is 0.160 e. The minimum Gasteiger partial charge on any atom is -0.394 e. The fourth-order valence-electron chi connectivity index (χ4n) is 1.27. The molecular formula is C10H11N3O. The van der Waals surface area contributed by atoms with Crippen LogP contribution in [0.5, 0.6) is 0 Å². The Kier molecular flexibility index (Phi) is 2.18. The molecule has 4 nitrogen and oxygen atoms in total. The van der Waals surface area contributed by atoms with E-state index in [2.05, 4.69) is 10.1 Å². The summed E-state index contributed by atoms with van der Waals surface area (Å²) >= 11 is 0. The molecule has 14 heavy (non-hydrogen) atoms. The van der Waals surface area contributed by atoms with E-state index < -0.39 is 0 Å². The van der Waals surface area contributed by atoms with Gasteiger partial charge in [-0.2, -0.15) is 0 Å². The zero-order chi connectivity index (χ0) is 9.97. The third kappa shape index (κ3) is 1.35. The number of nitrogens with zero attached hydrogens (tertiary/aromatic N) is 2. The molecule has 2 heterocycles. The van der Waals surface area contributed by atoms with Crippen molar-refractivity contribution in [1.29, 1.82) is 0 Å². The minimum atomic E-state index is 0.589. The van der Waals surface area contributed by atoms with E-state index in [1.54, 1.807) is 6.20 Å². The number of nitrogens with two attached hydrogens (primary N) is 1. The number of nitrogen functional groups attached to an aromatic ring is 1. The molecule has 0 saturated heterocycles. The fourth-order valence-corrected chi connectivity index (χ4v) is 1.27. The van der Waals surface area contributed by atoms with Crippen molar-refractivity contribution < 1.29 is 4.52 Å². The Bertz CT molecular complexity index is 422. The highest BCUT2D eigenvalue weighted by atomic mass is 16.5. The molecule has 0 atom stereocenters. The van der Waals surface area contributed by atoms with E-state index in [0.717, 1.165) is 12.1 Å². The second-order valence-electron chi connectivity index (χ2n) is 2.94. The third-order valence-electron chi connectivity index (χ3n) is 2.03. The molecule has 0 amide bonds. The predicted octanol–water partition coefficient (Wildman–Crippen LogP) is 1.88. The van der Waals surface area contributed by atoms with Crippen molar-refractivity contribution in [3.8, 4) is 11.4 Å². The zero-order valence-corrected chi connectivity index (χ0v) is 7.90. The summed E-state index contributed by atoms with van der Waals surface area (Å²) in [5.41, 5.74) is 7.81. The van der Waals surface area contributed by atoms with Crippen molar-refractivity contribution in [3.63, 3.8) is 0 Å². The first-order chi connectivity index (χ1) is 6.83. The lowest BCUT2D eigenvalue weighted by atomic mass is 10.2. The molecule has 72 valence electrons. The monoisotopic (exact) mass is 189 g/mol. The molecule has 0 aliphatic rings. The molecule has 0 aromatic carbocycles. The second-order valence-corrected chi connectivity index (χ2v) is 2.94. The van der Waals surface area contributed by atoms with Gasteiger partial charge >= 0.3 is 0 Å². The Balaban J connectivity index is 2.48. The lowest BCUT2D eigenvalue weighted by Gasteiger charge is -1.95. The summed E-state index contributed by atoms with van der Waals surface area (Å²) in [7, 11) is 0. The maximum absolute atomic E-state index is 5.85. The van der Waals surface area contributed by atoms with Crippen LogP contribution in [0.4, 0.5) is 5.69 Å². The summed E-state index contributed by atoms with van der Waals surface area (Å²) in [5, 5.41) is 3.89. The number of hydrogen-bond acceptors (Lipinski definition) is 4. The number of aromatic nitrogens is 2. The Morgan fingerprint density at radius 3 is 2.86 bits per heavy atom. The molecule has 0 unspecified atom stereocenters. The van der Waals surface area contributed by atoms with Crippen LogP contribution in [0.3, 0.4) is 0 Å². The minimum absolute atomic E-state index is 0.589.